The van der Waals surface area contributed by atoms with Crippen LogP contribution in [0.3, 0.4) is 0 Å². The van der Waals surface area contributed by atoms with E-state index in [0.717, 1.165) is 27.1 Å². The van der Waals surface area contributed by atoms with Gasteiger partial charge in [-0.1, -0.05) is 64.5 Å². The SMILES string of the molecule is CON=C(c1ccc2c(c1)sc(=O)n2CCOc1ccc(CC(C(=O)O)C(=O)O)cc1)c1ccccc1Cl. The molecule has 0 bridgehead atoms. The lowest BCUT2D eigenvalue weighted by atomic mass is 10.00. The van der Waals surface area contributed by atoms with E-state index in [1.165, 1.54) is 7.11 Å². The largest absolute Gasteiger partial charge is 0.492 e. The lowest BCUT2D eigenvalue weighted by molar-refractivity contribution is -0.154. The Morgan fingerprint density at radius 3 is 2.42 bits per heavy atom. The highest BCUT2D eigenvalue weighted by molar-refractivity contribution is 7.16. The van der Waals surface area contributed by atoms with Gasteiger partial charge in [0.2, 0.25) is 0 Å². The second-order valence-corrected chi connectivity index (χ2v) is 9.63. The van der Waals surface area contributed by atoms with Crippen molar-refractivity contribution in [3.8, 4) is 5.75 Å². The Morgan fingerprint density at radius 2 is 1.76 bits per heavy atom. The number of fused-ring (bicyclic) bond motifs is 1. The van der Waals surface area contributed by atoms with E-state index in [1.807, 2.05) is 36.4 Å². The summed E-state index contributed by atoms with van der Waals surface area (Å²) in [6, 6.07) is 19.4. The average Bonchev–Trinajstić information content (AvgIpc) is 3.21. The molecule has 3 aromatic carbocycles. The molecule has 0 unspecified atom stereocenters. The first-order valence-corrected chi connectivity index (χ1v) is 12.6. The maximum atomic E-state index is 12.7. The van der Waals surface area contributed by atoms with Gasteiger partial charge in [-0.3, -0.25) is 19.0 Å². The second-order valence-electron chi connectivity index (χ2n) is 8.23. The Balaban J connectivity index is 1.46. The number of aromatic nitrogens is 1. The number of rotatable bonds is 11. The number of aliphatic carboxylic acids is 2. The Kier molecular flexibility index (Phi) is 8.45. The zero-order valence-electron chi connectivity index (χ0n) is 20.2. The standard InChI is InChI=1S/C27H23ClN2O7S/c1-36-29-24(19-4-2-3-5-21(19)28)17-8-11-22-23(15-17)38-27(35)30(22)12-13-37-18-9-6-16(7-10-18)14-20(25(31)32)26(33)34/h2-11,15,20H,12-14H2,1H3,(H,31,32)(H,33,34). The van der Waals surface area contributed by atoms with Gasteiger partial charge in [0.15, 0.2) is 5.92 Å². The van der Waals surface area contributed by atoms with Gasteiger partial charge in [0.1, 0.15) is 25.2 Å². The van der Waals surface area contributed by atoms with Gasteiger partial charge in [-0.15, -0.1) is 0 Å². The molecule has 11 heteroatoms. The smallest absolute Gasteiger partial charge is 0.318 e. The van der Waals surface area contributed by atoms with E-state index in [4.69, 9.17) is 31.4 Å². The Labute approximate surface area is 226 Å². The van der Waals surface area contributed by atoms with Gasteiger partial charge in [-0.05, 0) is 42.3 Å². The van der Waals surface area contributed by atoms with Crippen LogP contribution < -0.4 is 9.61 Å². The summed E-state index contributed by atoms with van der Waals surface area (Å²) < 4.78 is 8.17. The molecule has 9 nitrogen and oxygen atoms in total. The summed E-state index contributed by atoms with van der Waals surface area (Å²) in [7, 11) is 1.46. The van der Waals surface area contributed by atoms with Gasteiger partial charge in [-0.2, -0.15) is 0 Å². The third-order valence-electron chi connectivity index (χ3n) is 5.80. The summed E-state index contributed by atoms with van der Waals surface area (Å²) in [6.45, 7) is 0.527. The maximum Gasteiger partial charge on any atom is 0.318 e. The first kappa shape index (κ1) is 26.9. The maximum absolute atomic E-state index is 12.7. The second kappa shape index (κ2) is 11.9. The minimum absolute atomic E-state index is 0.128. The molecule has 1 heterocycles. The van der Waals surface area contributed by atoms with E-state index in [1.54, 1.807) is 34.9 Å². The lowest BCUT2D eigenvalue weighted by Gasteiger charge is -2.10. The molecule has 0 aliphatic rings. The van der Waals surface area contributed by atoms with Gasteiger partial charge >= 0.3 is 16.8 Å². The van der Waals surface area contributed by atoms with Crippen LogP contribution in [-0.2, 0) is 27.4 Å². The van der Waals surface area contributed by atoms with Crippen LogP contribution in [0.2, 0.25) is 5.02 Å². The zero-order chi connectivity index (χ0) is 27.2. The summed E-state index contributed by atoms with van der Waals surface area (Å²) >= 11 is 7.48. The van der Waals surface area contributed by atoms with Gasteiger partial charge in [0.05, 0.1) is 21.8 Å². The number of ether oxygens (including phenoxy) is 1. The van der Waals surface area contributed by atoms with Crippen LogP contribution in [0.15, 0.2) is 76.7 Å². The van der Waals surface area contributed by atoms with Crippen LogP contribution in [0.5, 0.6) is 5.75 Å². The molecular weight excluding hydrogens is 532 g/mol. The predicted octanol–water partition coefficient (Wildman–Crippen LogP) is 4.52. The van der Waals surface area contributed by atoms with Gasteiger partial charge < -0.3 is 19.8 Å². The van der Waals surface area contributed by atoms with Crippen molar-refractivity contribution in [3.63, 3.8) is 0 Å². The molecule has 0 amide bonds. The third kappa shape index (κ3) is 6.04. The van der Waals surface area contributed by atoms with Gasteiger partial charge in [0.25, 0.3) is 0 Å². The molecule has 2 N–H and O–H groups in total. The van der Waals surface area contributed by atoms with Crippen molar-refractivity contribution in [2.24, 2.45) is 11.1 Å². The van der Waals surface area contributed by atoms with E-state index in [-0.39, 0.29) is 17.9 Å². The Morgan fingerprint density at radius 1 is 1.05 bits per heavy atom. The first-order valence-electron chi connectivity index (χ1n) is 11.5. The van der Waals surface area contributed by atoms with E-state index in [2.05, 4.69) is 5.16 Å². The highest BCUT2D eigenvalue weighted by Crippen LogP contribution is 2.25. The van der Waals surface area contributed by atoms with Crippen molar-refractivity contribution in [3.05, 3.63) is 98.1 Å². The number of nitrogens with zero attached hydrogens (tertiary/aromatic N) is 2. The third-order valence-corrected chi connectivity index (χ3v) is 7.07. The number of carbonyl (C=O) groups is 2. The number of hydrogen-bond donors (Lipinski definition) is 2. The lowest BCUT2D eigenvalue weighted by Crippen LogP contribution is -2.25. The van der Waals surface area contributed by atoms with Crippen molar-refractivity contribution >= 4 is 50.8 Å². The Hall–Kier alpha value is -4.15. The molecule has 196 valence electrons. The highest BCUT2D eigenvalue weighted by Gasteiger charge is 2.25. The fourth-order valence-corrected chi connectivity index (χ4v) is 5.10. The van der Waals surface area contributed by atoms with Crippen molar-refractivity contribution in [2.75, 3.05) is 13.7 Å². The molecule has 4 rings (SSSR count). The number of benzene rings is 3. The topological polar surface area (TPSA) is 127 Å². The average molecular weight is 555 g/mol. The molecule has 0 radical (unpaired) electrons. The van der Waals surface area contributed by atoms with E-state index in [9.17, 15) is 14.4 Å². The van der Waals surface area contributed by atoms with Crippen LogP contribution in [0.4, 0.5) is 0 Å². The van der Waals surface area contributed by atoms with Crippen molar-refractivity contribution in [1.29, 1.82) is 0 Å². The fourth-order valence-electron chi connectivity index (χ4n) is 3.92. The van der Waals surface area contributed by atoms with Crippen molar-refractivity contribution < 1.29 is 29.4 Å². The summed E-state index contributed by atoms with van der Waals surface area (Å²) in [5.74, 6) is -3.76. The number of carboxylic acids is 2. The molecule has 0 fully saturated rings. The zero-order valence-corrected chi connectivity index (χ0v) is 21.7. The summed E-state index contributed by atoms with van der Waals surface area (Å²) in [4.78, 5) is 39.8. The number of halogens is 1. The van der Waals surface area contributed by atoms with Crippen LogP contribution in [0.25, 0.3) is 10.2 Å². The number of hydrogen-bond acceptors (Lipinski definition) is 7. The number of thiazole rings is 1. The molecule has 0 saturated carbocycles. The summed E-state index contributed by atoms with van der Waals surface area (Å²) in [5, 5.41) is 22.8. The van der Waals surface area contributed by atoms with Gasteiger partial charge in [-0.25, -0.2) is 0 Å². The minimum atomic E-state index is -1.51. The summed E-state index contributed by atoms with van der Waals surface area (Å²) in [5.41, 5.74) is 3.34. The Bertz CT molecular complexity index is 1550. The van der Waals surface area contributed by atoms with Crippen LogP contribution in [0, 0.1) is 5.92 Å². The van der Waals surface area contributed by atoms with Crippen LogP contribution >= 0.6 is 22.9 Å². The van der Waals surface area contributed by atoms with Gasteiger partial charge in [0, 0.05) is 11.1 Å². The molecule has 1 aromatic heterocycles. The predicted molar refractivity (Wildman–Crippen MR) is 145 cm³/mol. The summed E-state index contributed by atoms with van der Waals surface area (Å²) in [6.07, 6.45) is -0.128. The van der Waals surface area contributed by atoms with Crippen molar-refractivity contribution in [2.45, 2.75) is 13.0 Å². The van der Waals surface area contributed by atoms with Crippen molar-refractivity contribution in [1.82, 2.24) is 4.57 Å². The molecule has 0 spiro atoms. The monoisotopic (exact) mass is 554 g/mol. The quantitative estimate of drug-likeness (QED) is 0.158. The van der Waals surface area contributed by atoms with Crippen LogP contribution in [0.1, 0.15) is 16.7 Å². The minimum Gasteiger partial charge on any atom is -0.492 e. The van der Waals surface area contributed by atoms with Crippen LogP contribution in [-0.4, -0.2) is 46.1 Å². The first-order chi connectivity index (χ1) is 18.3. The fraction of sp³-hybridized carbons (Fsp3) is 0.185. The van der Waals surface area contributed by atoms with E-state index < -0.39 is 17.9 Å². The number of carboxylic acid groups (broad SMARTS) is 2. The molecule has 0 aliphatic carbocycles. The molecule has 4 aromatic rings. The molecule has 0 aliphatic heterocycles. The highest BCUT2D eigenvalue weighted by atomic mass is 35.5. The van der Waals surface area contributed by atoms with E-state index in [0.29, 0.717) is 34.2 Å². The number of oxime groups is 1. The molecular formula is C27H23ClN2O7S. The molecule has 0 atom stereocenters. The normalized spacial score (nSPS) is 11.6. The van der Waals surface area contributed by atoms with E-state index >= 15 is 0 Å². The molecule has 0 saturated heterocycles. The molecule has 38 heavy (non-hydrogen) atoms.